The molecule has 0 atom stereocenters. The van der Waals surface area contributed by atoms with Crippen molar-refractivity contribution in [2.75, 3.05) is 5.73 Å². The average molecular weight is 368 g/mol. The molecule has 3 aromatic rings. The van der Waals surface area contributed by atoms with E-state index in [0.29, 0.717) is 5.69 Å². The summed E-state index contributed by atoms with van der Waals surface area (Å²) in [4.78, 5) is 26.0. The van der Waals surface area contributed by atoms with Crippen LogP contribution in [0.3, 0.4) is 0 Å². The molecular weight excluding hydrogens is 348 g/mol. The van der Waals surface area contributed by atoms with Gasteiger partial charge < -0.3 is 5.73 Å². The third-order valence-electron chi connectivity index (χ3n) is 4.71. The van der Waals surface area contributed by atoms with Crippen molar-refractivity contribution in [2.24, 2.45) is 7.05 Å². The lowest BCUT2D eigenvalue weighted by Crippen LogP contribution is -2.28. The van der Waals surface area contributed by atoms with Gasteiger partial charge in [0.2, 0.25) is 5.95 Å². The molecule has 26 heavy (non-hydrogen) atoms. The SMILES string of the molecule is Cc1csc(CC(=O)c2c3c(nn2C)-c2nc(N)ncc2CC3(C)C)n1. The molecule has 4 rings (SSSR count). The number of aromatic nitrogens is 5. The van der Waals surface area contributed by atoms with Crippen LogP contribution in [0.25, 0.3) is 11.4 Å². The summed E-state index contributed by atoms with van der Waals surface area (Å²) in [6, 6.07) is 0. The molecule has 3 heterocycles. The topological polar surface area (TPSA) is 99.6 Å². The number of anilines is 1. The Bertz CT molecular complexity index is 1030. The molecule has 0 bridgehead atoms. The number of fused-ring (bicyclic) bond motifs is 3. The molecular formula is C18H20N6OS. The van der Waals surface area contributed by atoms with E-state index in [9.17, 15) is 4.79 Å². The summed E-state index contributed by atoms with van der Waals surface area (Å²) in [5.41, 5.74) is 10.5. The molecule has 0 fully saturated rings. The Morgan fingerprint density at radius 2 is 2.12 bits per heavy atom. The smallest absolute Gasteiger partial charge is 0.220 e. The maximum atomic E-state index is 13.1. The molecule has 1 aliphatic carbocycles. The van der Waals surface area contributed by atoms with Crippen molar-refractivity contribution >= 4 is 23.1 Å². The lowest BCUT2D eigenvalue weighted by molar-refractivity contribution is 0.0981. The largest absolute Gasteiger partial charge is 0.368 e. The fourth-order valence-electron chi connectivity index (χ4n) is 3.67. The zero-order valence-corrected chi connectivity index (χ0v) is 16.0. The molecule has 0 saturated heterocycles. The van der Waals surface area contributed by atoms with E-state index in [-0.39, 0.29) is 23.6 Å². The zero-order chi connectivity index (χ0) is 18.6. The van der Waals surface area contributed by atoms with Gasteiger partial charge in [0, 0.05) is 29.9 Å². The van der Waals surface area contributed by atoms with Crippen molar-refractivity contribution in [2.45, 2.75) is 39.0 Å². The van der Waals surface area contributed by atoms with E-state index in [1.54, 1.807) is 17.9 Å². The molecule has 3 aromatic heterocycles. The summed E-state index contributed by atoms with van der Waals surface area (Å²) in [6.45, 7) is 6.18. The third-order valence-corrected chi connectivity index (χ3v) is 5.67. The van der Waals surface area contributed by atoms with E-state index in [0.717, 1.165) is 39.6 Å². The fraction of sp³-hybridized carbons (Fsp3) is 0.389. The number of carbonyl (C=O) groups excluding carboxylic acids is 1. The Balaban J connectivity index is 1.85. The van der Waals surface area contributed by atoms with Gasteiger partial charge in [0.25, 0.3) is 0 Å². The number of hydrogen-bond donors (Lipinski definition) is 1. The number of nitrogens with zero attached hydrogens (tertiary/aromatic N) is 5. The van der Waals surface area contributed by atoms with Gasteiger partial charge in [0.15, 0.2) is 5.78 Å². The molecule has 0 radical (unpaired) electrons. The summed E-state index contributed by atoms with van der Waals surface area (Å²) in [6.07, 6.45) is 2.77. The van der Waals surface area contributed by atoms with Gasteiger partial charge in [-0.05, 0) is 24.3 Å². The van der Waals surface area contributed by atoms with Crippen LogP contribution in [0.1, 0.15) is 46.2 Å². The molecule has 0 amide bonds. The highest BCUT2D eigenvalue weighted by molar-refractivity contribution is 7.09. The maximum Gasteiger partial charge on any atom is 0.220 e. The number of nitrogens with two attached hydrogens (primary N) is 1. The van der Waals surface area contributed by atoms with Crippen molar-refractivity contribution in [3.63, 3.8) is 0 Å². The standard InChI is InChI=1S/C18H20N6OS/c1-9-8-26-12(21-9)5-11(25)16-13-15(23-24(16)4)14-10(6-18(13,2)3)7-20-17(19)22-14/h7-8H,5-6H2,1-4H3,(H2,19,20,22). The highest BCUT2D eigenvalue weighted by Gasteiger charge is 2.39. The van der Waals surface area contributed by atoms with Crippen LogP contribution in [0.2, 0.25) is 0 Å². The molecule has 0 aromatic carbocycles. The van der Waals surface area contributed by atoms with Crippen LogP contribution in [0, 0.1) is 6.92 Å². The van der Waals surface area contributed by atoms with Crippen molar-refractivity contribution < 1.29 is 4.79 Å². The first-order chi connectivity index (χ1) is 12.3. The molecule has 0 spiro atoms. The number of nitrogen functional groups attached to an aromatic ring is 1. The quantitative estimate of drug-likeness (QED) is 0.713. The van der Waals surface area contributed by atoms with E-state index >= 15 is 0 Å². The molecule has 134 valence electrons. The van der Waals surface area contributed by atoms with Gasteiger partial charge in [-0.3, -0.25) is 9.48 Å². The van der Waals surface area contributed by atoms with Gasteiger partial charge in [0.1, 0.15) is 16.4 Å². The first-order valence-electron chi connectivity index (χ1n) is 8.39. The van der Waals surface area contributed by atoms with Crippen LogP contribution in [-0.2, 0) is 25.3 Å². The van der Waals surface area contributed by atoms with E-state index in [1.807, 2.05) is 12.3 Å². The number of thiazole rings is 1. The van der Waals surface area contributed by atoms with Crippen LogP contribution >= 0.6 is 11.3 Å². The Labute approximate surface area is 155 Å². The zero-order valence-electron chi connectivity index (χ0n) is 15.2. The second kappa shape index (κ2) is 5.70. The van der Waals surface area contributed by atoms with E-state index in [1.165, 1.54) is 11.3 Å². The third kappa shape index (κ3) is 2.61. The lowest BCUT2D eigenvalue weighted by Gasteiger charge is -2.31. The monoisotopic (exact) mass is 368 g/mol. The van der Waals surface area contributed by atoms with Crippen LogP contribution < -0.4 is 5.73 Å². The van der Waals surface area contributed by atoms with Crippen LogP contribution in [0.4, 0.5) is 5.95 Å². The van der Waals surface area contributed by atoms with Crippen LogP contribution in [0.5, 0.6) is 0 Å². The Morgan fingerprint density at radius 1 is 1.35 bits per heavy atom. The summed E-state index contributed by atoms with van der Waals surface area (Å²) in [5.74, 6) is 0.236. The van der Waals surface area contributed by atoms with Crippen LogP contribution in [-0.4, -0.2) is 30.5 Å². The summed E-state index contributed by atoms with van der Waals surface area (Å²) in [5, 5.41) is 7.41. The highest BCUT2D eigenvalue weighted by atomic mass is 32.1. The number of ketones is 1. The van der Waals surface area contributed by atoms with Crippen molar-refractivity contribution in [3.05, 3.63) is 39.1 Å². The second-order valence-corrected chi connectivity index (χ2v) is 8.28. The van der Waals surface area contributed by atoms with Gasteiger partial charge in [0.05, 0.1) is 12.1 Å². The Hall–Kier alpha value is -2.61. The van der Waals surface area contributed by atoms with Gasteiger partial charge in [-0.1, -0.05) is 13.8 Å². The van der Waals surface area contributed by atoms with Gasteiger partial charge in [-0.15, -0.1) is 11.3 Å². The molecule has 8 heteroatoms. The fourth-order valence-corrected chi connectivity index (χ4v) is 4.45. The molecule has 2 N–H and O–H groups in total. The number of carbonyl (C=O) groups is 1. The van der Waals surface area contributed by atoms with Gasteiger partial charge >= 0.3 is 0 Å². The van der Waals surface area contributed by atoms with E-state index < -0.39 is 0 Å². The van der Waals surface area contributed by atoms with Crippen molar-refractivity contribution in [1.82, 2.24) is 24.7 Å². The van der Waals surface area contributed by atoms with Gasteiger partial charge in [-0.2, -0.15) is 5.10 Å². The van der Waals surface area contributed by atoms with Gasteiger partial charge in [-0.25, -0.2) is 15.0 Å². The number of rotatable bonds is 3. The molecule has 0 aliphatic heterocycles. The predicted octanol–water partition coefficient (Wildman–Crippen LogP) is 2.48. The maximum absolute atomic E-state index is 13.1. The first-order valence-corrected chi connectivity index (χ1v) is 9.27. The first kappa shape index (κ1) is 16.8. The lowest BCUT2D eigenvalue weighted by atomic mass is 9.73. The summed E-state index contributed by atoms with van der Waals surface area (Å²) < 4.78 is 1.67. The van der Waals surface area contributed by atoms with E-state index in [2.05, 4.69) is 33.9 Å². The summed E-state index contributed by atoms with van der Waals surface area (Å²) in [7, 11) is 1.80. The molecule has 0 unspecified atom stereocenters. The molecule has 1 aliphatic rings. The summed E-state index contributed by atoms with van der Waals surface area (Å²) >= 11 is 1.51. The Kier molecular flexibility index (Phi) is 3.69. The van der Waals surface area contributed by atoms with Crippen molar-refractivity contribution in [1.29, 1.82) is 0 Å². The molecule has 0 saturated carbocycles. The minimum Gasteiger partial charge on any atom is -0.368 e. The van der Waals surface area contributed by atoms with Crippen molar-refractivity contribution in [3.8, 4) is 11.4 Å². The average Bonchev–Trinajstić information content (AvgIpc) is 3.11. The molecule has 7 nitrogen and oxygen atoms in total. The van der Waals surface area contributed by atoms with Crippen LogP contribution in [0.15, 0.2) is 11.6 Å². The minimum atomic E-state index is -0.250. The number of aryl methyl sites for hydroxylation is 2. The normalized spacial score (nSPS) is 14.8. The minimum absolute atomic E-state index is 0.0224. The number of hydrogen-bond acceptors (Lipinski definition) is 7. The second-order valence-electron chi connectivity index (χ2n) is 7.34. The highest BCUT2D eigenvalue weighted by Crippen LogP contribution is 2.43. The predicted molar refractivity (Wildman–Crippen MR) is 100 cm³/mol. The number of Topliss-reactive ketones (excluding diaryl/α,β-unsaturated/α-hetero) is 1. The van der Waals surface area contributed by atoms with E-state index in [4.69, 9.17) is 5.73 Å². The Morgan fingerprint density at radius 3 is 2.81 bits per heavy atom.